The Bertz CT molecular complexity index is 708. The zero-order valence-electron chi connectivity index (χ0n) is 13.0. The molecule has 2 saturated heterocycles. The lowest BCUT2D eigenvalue weighted by atomic mass is 9.85. The Kier molecular flexibility index (Phi) is 3.66. The number of piperidine rings is 2. The highest BCUT2D eigenvalue weighted by molar-refractivity contribution is 7.19. The molecule has 22 heavy (non-hydrogen) atoms. The van der Waals surface area contributed by atoms with E-state index < -0.39 is 0 Å². The lowest BCUT2D eigenvalue weighted by Gasteiger charge is -2.42. The molecule has 3 atom stereocenters. The van der Waals surface area contributed by atoms with Crippen LogP contribution < -0.4 is 5.32 Å². The Morgan fingerprint density at radius 3 is 3.05 bits per heavy atom. The van der Waals surface area contributed by atoms with Crippen molar-refractivity contribution in [2.45, 2.75) is 32.2 Å². The molecule has 4 heteroatoms. The highest BCUT2D eigenvalue weighted by Gasteiger charge is 2.33. The quantitative estimate of drug-likeness (QED) is 0.921. The number of aryl methyl sites for hydroxylation is 1. The molecule has 2 aliphatic heterocycles. The minimum absolute atomic E-state index is 0.124. The number of carbonyl (C=O) groups excluding carboxylic acids is 1. The topological polar surface area (TPSA) is 32.3 Å². The molecule has 2 aliphatic rings. The van der Waals surface area contributed by atoms with Crippen LogP contribution in [0.15, 0.2) is 24.3 Å². The van der Waals surface area contributed by atoms with Gasteiger partial charge < -0.3 is 10.2 Å². The number of nitrogens with one attached hydrogen (secondary N) is 1. The van der Waals surface area contributed by atoms with Crippen molar-refractivity contribution in [1.82, 2.24) is 10.2 Å². The molecule has 0 saturated carbocycles. The summed E-state index contributed by atoms with van der Waals surface area (Å²) in [7, 11) is 0. The molecular formula is C18H22N2OS. The molecule has 0 aliphatic carbocycles. The van der Waals surface area contributed by atoms with E-state index in [2.05, 4.69) is 29.3 Å². The van der Waals surface area contributed by atoms with Crippen LogP contribution in [-0.2, 0) is 0 Å². The maximum Gasteiger partial charge on any atom is 0.253 e. The van der Waals surface area contributed by atoms with Gasteiger partial charge in [-0.3, -0.25) is 4.79 Å². The van der Waals surface area contributed by atoms with Crippen LogP contribution in [-0.4, -0.2) is 36.5 Å². The summed E-state index contributed by atoms with van der Waals surface area (Å²) in [6, 6.07) is 8.57. The first-order valence-electron chi connectivity index (χ1n) is 8.24. The number of thiophene rings is 1. The van der Waals surface area contributed by atoms with Crippen molar-refractivity contribution in [2.24, 2.45) is 5.92 Å². The molecule has 2 bridgehead atoms. The average molecular weight is 314 g/mol. The number of fused-ring (bicyclic) bond motifs is 3. The molecule has 3 nitrogen and oxygen atoms in total. The Labute approximate surface area is 135 Å². The van der Waals surface area contributed by atoms with Crippen LogP contribution in [0.5, 0.6) is 0 Å². The number of benzene rings is 1. The van der Waals surface area contributed by atoms with Crippen LogP contribution in [0.2, 0.25) is 0 Å². The van der Waals surface area contributed by atoms with E-state index in [0.29, 0.717) is 12.0 Å². The monoisotopic (exact) mass is 314 g/mol. The second kappa shape index (κ2) is 5.67. The average Bonchev–Trinajstić information content (AvgIpc) is 2.86. The maximum atomic E-state index is 12.9. The molecule has 1 amide bonds. The number of rotatable bonds is 2. The van der Waals surface area contributed by atoms with Gasteiger partial charge in [0.2, 0.25) is 0 Å². The molecule has 1 aromatic heterocycles. The summed E-state index contributed by atoms with van der Waals surface area (Å²) in [6.45, 7) is 5.59. The summed E-state index contributed by atoms with van der Waals surface area (Å²) in [6.07, 6.45) is 3.62. The van der Waals surface area contributed by atoms with Gasteiger partial charge in [0.05, 0.1) is 5.56 Å². The Morgan fingerprint density at radius 2 is 2.14 bits per heavy atom. The number of nitrogens with zero attached hydrogens (tertiary/aromatic N) is 1. The van der Waals surface area contributed by atoms with Crippen molar-refractivity contribution >= 4 is 27.3 Å². The zero-order valence-corrected chi connectivity index (χ0v) is 13.8. The van der Waals surface area contributed by atoms with Crippen LogP contribution in [0.3, 0.4) is 0 Å². The summed E-state index contributed by atoms with van der Waals surface area (Å²) in [4.78, 5) is 16.5. The van der Waals surface area contributed by atoms with Gasteiger partial charge in [-0.2, -0.15) is 0 Å². The smallest absolute Gasteiger partial charge is 0.253 e. The van der Waals surface area contributed by atoms with E-state index >= 15 is 0 Å². The fourth-order valence-corrected chi connectivity index (χ4v) is 5.12. The van der Waals surface area contributed by atoms with E-state index in [-0.39, 0.29) is 5.91 Å². The molecule has 0 spiro atoms. The molecule has 0 radical (unpaired) electrons. The van der Waals surface area contributed by atoms with Gasteiger partial charge in [0.1, 0.15) is 0 Å². The van der Waals surface area contributed by atoms with Gasteiger partial charge in [0, 0.05) is 34.1 Å². The maximum absolute atomic E-state index is 12.9. The van der Waals surface area contributed by atoms with E-state index in [0.717, 1.165) is 35.3 Å². The van der Waals surface area contributed by atoms with Crippen molar-refractivity contribution in [2.75, 3.05) is 19.6 Å². The second-order valence-electron chi connectivity index (χ2n) is 6.60. The summed E-state index contributed by atoms with van der Waals surface area (Å²) >= 11 is 1.72. The Morgan fingerprint density at radius 1 is 1.27 bits per heavy atom. The van der Waals surface area contributed by atoms with Crippen molar-refractivity contribution < 1.29 is 4.79 Å². The summed E-state index contributed by atoms with van der Waals surface area (Å²) in [5.41, 5.74) is 0.888. The molecule has 116 valence electrons. The summed E-state index contributed by atoms with van der Waals surface area (Å²) in [5, 5.41) is 4.45. The van der Waals surface area contributed by atoms with Crippen LogP contribution in [0.25, 0.3) is 10.1 Å². The third-order valence-electron chi connectivity index (χ3n) is 5.18. The van der Waals surface area contributed by atoms with E-state index in [4.69, 9.17) is 0 Å². The highest BCUT2D eigenvalue weighted by Crippen LogP contribution is 2.32. The molecule has 1 N–H and O–H groups in total. The minimum atomic E-state index is 0.124. The standard InChI is InChI=1S/C18H22N2OS/c1-12-17(14-6-2-3-7-16(14)22-12)18(21)19-15-8-10-20-9-4-5-13(15)11-20/h2-3,6-7,13,15H,4-5,8-11H2,1H3,(H,19,21). The van der Waals surface area contributed by atoms with Crippen LogP contribution in [0.1, 0.15) is 34.5 Å². The Balaban J connectivity index is 1.57. The molecule has 3 unspecified atom stereocenters. The normalized spacial score (nSPS) is 27.8. The van der Waals surface area contributed by atoms with Crippen LogP contribution in [0, 0.1) is 12.8 Å². The number of hydrogen-bond donors (Lipinski definition) is 1. The van der Waals surface area contributed by atoms with E-state index in [1.165, 1.54) is 24.1 Å². The summed E-state index contributed by atoms with van der Waals surface area (Å²) in [5.74, 6) is 0.760. The third-order valence-corrected chi connectivity index (χ3v) is 6.27. The molecule has 2 fully saturated rings. The molecule has 3 heterocycles. The van der Waals surface area contributed by atoms with E-state index in [9.17, 15) is 4.79 Å². The first-order valence-corrected chi connectivity index (χ1v) is 9.05. The van der Waals surface area contributed by atoms with Gasteiger partial charge in [-0.15, -0.1) is 11.3 Å². The van der Waals surface area contributed by atoms with Gasteiger partial charge in [0.25, 0.3) is 5.91 Å². The van der Waals surface area contributed by atoms with E-state index in [1.807, 2.05) is 12.1 Å². The van der Waals surface area contributed by atoms with Gasteiger partial charge in [-0.1, -0.05) is 18.2 Å². The highest BCUT2D eigenvalue weighted by atomic mass is 32.1. The van der Waals surface area contributed by atoms with Crippen LogP contribution in [0.4, 0.5) is 0 Å². The lowest BCUT2D eigenvalue weighted by Crippen LogP contribution is -2.53. The first-order chi connectivity index (χ1) is 10.7. The Hall–Kier alpha value is -1.39. The molecule has 4 rings (SSSR count). The predicted octanol–water partition coefficient (Wildman–Crippen LogP) is 3.42. The van der Waals surface area contributed by atoms with Crippen molar-refractivity contribution in [3.05, 3.63) is 34.7 Å². The van der Waals surface area contributed by atoms with Crippen molar-refractivity contribution in [3.8, 4) is 0 Å². The predicted molar refractivity (Wildman–Crippen MR) is 91.6 cm³/mol. The molecule has 2 aromatic rings. The van der Waals surface area contributed by atoms with Crippen LogP contribution >= 0.6 is 11.3 Å². The van der Waals surface area contributed by atoms with Gasteiger partial charge in [-0.05, 0) is 44.7 Å². The SMILES string of the molecule is Cc1sc2ccccc2c1C(=O)NC1CCN2CCCC1C2. The fraction of sp³-hybridized carbons (Fsp3) is 0.500. The number of hydrogen-bond acceptors (Lipinski definition) is 3. The van der Waals surface area contributed by atoms with Gasteiger partial charge in [0.15, 0.2) is 0 Å². The fourth-order valence-electron chi connectivity index (χ4n) is 4.06. The van der Waals surface area contributed by atoms with Crippen molar-refractivity contribution in [3.63, 3.8) is 0 Å². The minimum Gasteiger partial charge on any atom is -0.349 e. The summed E-state index contributed by atoms with van der Waals surface area (Å²) < 4.78 is 1.21. The zero-order chi connectivity index (χ0) is 15.1. The molecule has 1 aromatic carbocycles. The largest absolute Gasteiger partial charge is 0.349 e. The molecular weight excluding hydrogens is 292 g/mol. The van der Waals surface area contributed by atoms with Crippen molar-refractivity contribution in [1.29, 1.82) is 0 Å². The first kappa shape index (κ1) is 14.2. The van der Waals surface area contributed by atoms with Gasteiger partial charge >= 0.3 is 0 Å². The number of amides is 1. The van der Waals surface area contributed by atoms with E-state index in [1.54, 1.807) is 11.3 Å². The second-order valence-corrected chi connectivity index (χ2v) is 7.86. The number of carbonyl (C=O) groups is 1. The third kappa shape index (κ3) is 2.44. The van der Waals surface area contributed by atoms with Gasteiger partial charge in [-0.25, -0.2) is 0 Å². The lowest BCUT2D eigenvalue weighted by molar-refractivity contribution is 0.0740.